The predicted molar refractivity (Wildman–Crippen MR) is 88.7 cm³/mol. The molecule has 0 saturated heterocycles. The van der Waals surface area contributed by atoms with Crippen molar-refractivity contribution in [1.29, 1.82) is 0 Å². The largest absolute Gasteiger partial charge is 0.382 e. The summed E-state index contributed by atoms with van der Waals surface area (Å²) in [5.41, 5.74) is 1.18. The molecule has 2 atom stereocenters. The van der Waals surface area contributed by atoms with E-state index in [0.29, 0.717) is 12.1 Å². The summed E-state index contributed by atoms with van der Waals surface area (Å²) in [6, 6.07) is 3.12. The fourth-order valence-corrected chi connectivity index (χ4v) is 2.69. The van der Waals surface area contributed by atoms with Crippen molar-refractivity contribution in [2.75, 3.05) is 13.7 Å². The zero-order chi connectivity index (χ0) is 15.7. The van der Waals surface area contributed by atoms with Gasteiger partial charge < -0.3 is 10.1 Å². The van der Waals surface area contributed by atoms with Crippen molar-refractivity contribution in [3.63, 3.8) is 0 Å². The highest BCUT2D eigenvalue weighted by molar-refractivity contribution is 5.02. The van der Waals surface area contributed by atoms with E-state index in [1.807, 2.05) is 0 Å². The molecular formula is C17H33N3O. The Morgan fingerprint density at radius 1 is 1.29 bits per heavy atom. The molecule has 1 heterocycles. The van der Waals surface area contributed by atoms with Gasteiger partial charge in [0.1, 0.15) is 0 Å². The summed E-state index contributed by atoms with van der Waals surface area (Å²) >= 11 is 0. The third-order valence-electron chi connectivity index (χ3n) is 4.14. The van der Waals surface area contributed by atoms with E-state index in [1.165, 1.54) is 5.69 Å². The summed E-state index contributed by atoms with van der Waals surface area (Å²) in [4.78, 5) is 0. The van der Waals surface area contributed by atoms with Crippen LogP contribution >= 0.6 is 0 Å². The topological polar surface area (TPSA) is 39.1 Å². The molecule has 122 valence electrons. The Morgan fingerprint density at radius 2 is 2.00 bits per heavy atom. The van der Waals surface area contributed by atoms with Gasteiger partial charge in [-0.2, -0.15) is 5.10 Å². The minimum atomic E-state index is 0.278. The van der Waals surface area contributed by atoms with Crippen LogP contribution in [0, 0.1) is 0 Å². The van der Waals surface area contributed by atoms with Crippen molar-refractivity contribution in [3.05, 3.63) is 18.0 Å². The smallest absolute Gasteiger partial charge is 0.0640 e. The summed E-state index contributed by atoms with van der Waals surface area (Å²) in [7, 11) is 1.78. The zero-order valence-corrected chi connectivity index (χ0v) is 14.4. The Hall–Kier alpha value is -0.870. The summed E-state index contributed by atoms with van der Waals surface area (Å²) < 4.78 is 7.54. The van der Waals surface area contributed by atoms with Gasteiger partial charge in [0, 0.05) is 25.8 Å². The molecule has 0 bridgehead atoms. The van der Waals surface area contributed by atoms with E-state index in [1.54, 1.807) is 7.11 Å². The normalized spacial score (nSPS) is 14.6. The van der Waals surface area contributed by atoms with E-state index < -0.39 is 0 Å². The quantitative estimate of drug-likeness (QED) is 0.678. The second kappa shape index (κ2) is 9.96. The van der Waals surface area contributed by atoms with Crippen molar-refractivity contribution in [2.45, 2.75) is 78.0 Å². The van der Waals surface area contributed by atoms with Crippen LogP contribution in [0.25, 0.3) is 0 Å². The first-order valence-electron chi connectivity index (χ1n) is 8.44. The second-order valence-electron chi connectivity index (χ2n) is 5.89. The molecule has 1 rings (SSSR count). The first kappa shape index (κ1) is 18.2. The molecule has 4 nitrogen and oxygen atoms in total. The van der Waals surface area contributed by atoms with Crippen LogP contribution in [0.4, 0.5) is 0 Å². The summed E-state index contributed by atoms with van der Waals surface area (Å²) in [6.45, 7) is 9.83. The molecule has 0 spiro atoms. The maximum atomic E-state index is 5.41. The van der Waals surface area contributed by atoms with E-state index in [-0.39, 0.29) is 6.10 Å². The van der Waals surface area contributed by atoms with Gasteiger partial charge in [-0.05, 0) is 45.2 Å². The maximum absolute atomic E-state index is 5.41. The van der Waals surface area contributed by atoms with E-state index in [0.717, 1.165) is 38.6 Å². The van der Waals surface area contributed by atoms with Gasteiger partial charge in [0.15, 0.2) is 0 Å². The van der Waals surface area contributed by atoms with Crippen molar-refractivity contribution >= 4 is 0 Å². The van der Waals surface area contributed by atoms with Crippen LogP contribution in [0.1, 0.15) is 65.1 Å². The van der Waals surface area contributed by atoms with Gasteiger partial charge in [0.05, 0.1) is 17.8 Å². The SMILES string of the molecule is CCCNC(Cc1ccn(C(CC)CC)n1)CC(C)OC. The molecule has 0 saturated carbocycles. The Balaban J connectivity index is 2.64. The molecule has 0 aliphatic rings. The van der Waals surface area contributed by atoms with Crippen LogP contribution in [-0.2, 0) is 11.2 Å². The van der Waals surface area contributed by atoms with Crippen molar-refractivity contribution < 1.29 is 4.74 Å². The number of methoxy groups -OCH3 is 1. The first-order valence-corrected chi connectivity index (χ1v) is 8.44. The monoisotopic (exact) mass is 295 g/mol. The summed E-state index contributed by atoms with van der Waals surface area (Å²) in [6.07, 6.45) is 7.82. The van der Waals surface area contributed by atoms with Crippen molar-refractivity contribution in [1.82, 2.24) is 15.1 Å². The predicted octanol–water partition coefficient (Wildman–Crippen LogP) is 3.58. The molecule has 0 aromatic carbocycles. The van der Waals surface area contributed by atoms with Gasteiger partial charge in [-0.15, -0.1) is 0 Å². The van der Waals surface area contributed by atoms with Gasteiger partial charge in [-0.1, -0.05) is 20.8 Å². The van der Waals surface area contributed by atoms with E-state index in [4.69, 9.17) is 9.84 Å². The highest BCUT2D eigenvalue weighted by Crippen LogP contribution is 2.16. The maximum Gasteiger partial charge on any atom is 0.0640 e. The Labute approximate surface area is 130 Å². The molecule has 0 radical (unpaired) electrons. The summed E-state index contributed by atoms with van der Waals surface area (Å²) in [5.74, 6) is 0. The number of hydrogen-bond donors (Lipinski definition) is 1. The van der Waals surface area contributed by atoms with Gasteiger partial charge in [-0.3, -0.25) is 4.68 Å². The van der Waals surface area contributed by atoms with Gasteiger partial charge in [0.25, 0.3) is 0 Å². The van der Waals surface area contributed by atoms with Crippen LogP contribution in [0.15, 0.2) is 12.3 Å². The van der Waals surface area contributed by atoms with Gasteiger partial charge in [0.2, 0.25) is 0 Å². The average Bonchev–Trinajstić information content (AvgIpc) is 2.94. The van der Waals surface area contributed by atoms with Gasteiger partial charge in [-0.25, -0.2) is 0 Å². The molecule has 0 amide bonds. The molecule has 0 fully saturated rings. The molecule has 0 aliphatic heterocycles. The Kier molecular flexibility index (Phi) is 8.62. The van der Waals surface area contributed by atoms with Crippen LogP contribution in [0.5, 0.6) is 0 Å². The number of rotatable bonds is 11. The average molecular weight is 295 g/mol. The lowest BCUT2D eigenvalue weighted by Crippen LogP contribution is -2.35. The van der Waals surface area contributed by atoms with Crippen molar-refractivity contribution in [2.24, 2.45) is 0 Å². The zero-order valence-electron chi connectivity index (χ0n) is 14.4. The molecule has 21 heavy (non-hydrogen) atoms. The number of hydrogen-bond acceptors (Lipinski definition) is 3. The van der Waals surface area contributed by atoms with E-state index in [2.05, 4.69) is 50.0 Å². The van der Waals surface area contributed by atoms with Crippen molar-refractivity contribution in [3.8, 4) is 0 Å². The van der Waals surface area contributed by atoms with Crippen LogP contribution in [-0.4, -0.2) is 35.6 Å². The molecular weight excluding hydrogens is 262 g/mol. The molecule has 4 heteroatoms. The number of ether oxygens (including phenoxy) is 1. The second-order valence-corrected chi connectivity index (χ2v) is 5.89. The lowest BCUT2D eigenvalue weighted by molar-refractivity contribution is 0.100. The molecule has 2 unspecified atom stereocenters. The van der Waals surface area contributed by atoms with E-state index >= 15 is 0 Å². The highest BCUT2D eigenvalue weighted by Gasteiger charge is 2.15. The molecule has 1 N–H and O–H groups in total. The minimum Gasteiger partial charge on any atom is -0.382 e. The van der Waals surface area contributed by atoms with E-state index in [9.17, 15) is 0 Å². The minimum absolute atomic E-state index is 0.278. The highest BCUT2D eigenvalue weighted by atomic mass is 16.5. The lowest BCUT2D eigenvalue weighted by Gasteiger charge is -2.21. The number of aromatic nitrogens is 2. The first-order chi connectivity index (χ1) is 10.1. The number of nitrogens with zero attached hydrogens (tertiary/aromatic N) is 2. The third kappa shape index (κ3) is 6.18. The Bertz CT molecular complexity index is 374. The van der Waals surface area contributed by atoms with Crippen LogP contribution in [0.2, 0.25) is 0 Å². The van der Waals surface area contributed by atoms with Crippen LogP contribution in [0.3, 0.4) is 0 Å². The molecule has 0 aliphatic carbocycles. The lowest BCUT2D eigenvalue weighted by atomic mass is 10.0. The number of nitrogens with one attached hydrogen (secondary N) is 1. The Morgan fingerprint density at radius 3 is 2.57 bits per heavy atom. The standard InChI is InChI=1S/C17H33N3O/c1-6-10-18-16(12-14(4)21-5)13-15-9-11-20(19-15)17(7-2)8-3/h9,11,14,16-18H,6-8,10,12-13H2,1-5H3. The van der Waals surface area contributed by atoms with Crippen LogP contribution < -0.4 is 5.32 Å². The molecule has 1 aromatic heterocycles. The fraction of sp³-hybridized carbons (Fsp3) is 0.824. The van der Waals surface area contributed by atoms with Gasteiger partial charge >= 0.3 is 0 Å². The summed E-state index contributed by atoms with van der Waals surface area (Å²) in [5, 5.41) is 8.39. The third-order valence-corrected chi connectivity index (χ3v) is 4.14. The fourth-order valence-electron chi connectivity index (χ4n) is 2.69. The molecule has 1 aromatic rings.